The molecule has 0 aromatic heterocycles. The summed E-state index contributed by atoms with van der Waals surface area (Å²) in [6.07, 6.45) is 2.48. The van der Waals surface area contributed by atoms with Gasteiger partial charge in [0, 0.05) is 10.0 Å². The van der Waals surface area contributed by atoms with Crippen LogP contribution in [0.1, 0.15) is 18.1 Å². The molecule has 31 heavy (non-hydrogen) atoms. The van der Waals surface area contributed by atoms with Crippen LogP contribution in [0.15, 0.2) is 46.6 Å². The number of hydrogen-bond acceptors (Lipinski definition) is 5. The third-order valence-corrected chi connectivity index (χ3v) is 5.93. The molecule has 0 unspecified atom stereocenters. The summed E-state index contributed by atoms with van der Waals surface area (Å²) in [5.41, 5.74) is 2.52. The molecule has 1 heterocycles. The Morgan fingerprint density at radius 3 is 2.48 bits per heavy atom. The highest BCUT2D eigenvalue weighted by atomic mass is 79.9. The predicted molar refractivity (Wildman–Crippen MR) is 128 cm³/mol. The van der Waals surface area contributed by atoms with E-state index in [1.165, 1.54) is 24.0 Å². The van der Waals surface area contributed by atoms with Crippen LogP contribution in [0.3, 0.4) is 0 Å². The minimum atomic E-state index is -0.525. The Balaban J connectivity index is 2.12. The van der Waals surface area contributed by atoms with Crippen molar-refractivity contribution in [2.24, 2.45) is 0 Å². The van der Waals surface area contributed by atoms with E-state index in [4.69, 9.17) is 33.3 Å². The molecular formula is C22H20BrClN2O4S. The zero-order valence-corrected chi connectivity index (χ0v) is 20.3. The second kappa shape index (κ2) is 9.80. The SMILES string of the molecule is CCc1ccc(N2C(=O)/C(=C/c3cc(Br)cc(Cl)c3OC)N(CC(=O)OC)C2=S)cc1. The lowest BCUT2D eigenvalue weighted by atomic mass is 10.1. The highest BCUT2D eigenvalue weighted by Crippen LogP contribution is 2.36. The highest BCUT2D eigenvalue weighted by molar-refractivity contribution is 9.10. The van der Waals surface area contributed by atoms with E-state index < -0.39 is 5.97 Å². The van der Waals surface area contributed by atoms with Crippen LogP contribution in [0.5, 0.6) is 5.75 Å². The lowest BCUT2D eigenvalue weighted by molar-refractivity contribution is -0.140. The number of amides is 1. The zero-order valence-electron chi connectivity index (χ0n) is 17.1. The molecule has 0 atom stereocenters. The number of carbonyl (C=O) groups excluding carboxylic acids is 2. The molecule has 1 saturated heterocycles. The van der Waals surface area contributed by atoms with Gasteiger partial charge in [-0.15, -0.1) is 0 Å². The van der Waals surface area contributed by atoms with Crippen molar-refractivity contribution < 1.29 is 19.1 Å². The van der Waals surface area contributed by atoms with Crippen molar-refractivity contribution in [3.05, 3.63) is 62.7 Å². The van der Waals surface area contributed by atoms with Gasteiger partial charge < -0.3 is 14.4 Å². The summed E-state index contributed by atoms with van der Waals surface area (Å²) in [5.74, 6) is -0.486. The van der Waals surface area contributed by atoms with Crippen LogP contribution in [0.2, 0.25) is 5.02 Å². The Labute approximate surface area is 199 Å². The topological polar surface area (TPSA) is 59.1 Å². The van der Waals surface area contributed by atoms with E-state index in [9.17, 15) is 9.59 Å². The maximum Gasteiger partial charge on any atom is 0.325 e. The van der Waals surface area contributed by atoms with Crippen LogP contribution in [0, 0.1) is 0 Å². The van der Waals surface area contributed by atoms with Crippen LogP contribution in [-0.4, -0.2) is 42.7 Å². The third kappa shape index (κ3) is 4.76. The maximum absolute atomic E-state index is 13.4. The number of ether oxygens (including phenoxy) is 2. The van der Waals surface area contributed by atoms with Gasteiger partial charge in [-0.3, -0.25) is 14.5 Å². The molecule has 3 rings (SSSR count). The average molecular weight is 524 g/mol. The number of benzene rings is 2. The van der Waals surface area contributed by atoms with Gasteiger partial charge >= 0.3 is 5.97 Å². The first-order valence-electron chi connectivity index (χ1n) is 9.37. The lowest BCUT2D eigenvalue weighted by Crippen LogP contribution is -2.35. The molecule has 1 aliphatic heterocycles. The number of esters is 1. The van der Waals surface area contributed by atoms with Gasteiger partial charge in [-0.1, -0.05) is 46.6 Å². The van der Waals surface area contributed by atoms with Gasteiger partial charge in [0.15, 0.2) is 5.11 Å². The molecule has 0 radical (unpaired) electrons. The number of thiocarbonyl (C=S) groups is 1. The molecule has 2 aromatic rings. The molecule has 1 amide bonds. The minimum Gasteiger partial charge on any atom is -0.495 e. The molecule has 0 saturated carbocycles. The Bertz CT molecular complexity index is 1070. The van der Waals surface area contributed by atoms with Gasteiger partial charge in [0.25, 0.3) is 5.91 Å². The van der Waals surface area contributed by atoms with E-state index in [-0.39, 0.29) is 23.3 Å². The molecular weight excluding hydrogens is 504 g/mol. The summed E-state index contributed by atoms with van der Waals surface area (Å²) in [5, 5.41) is 0.564. The quantitative estimate of drug-likeness (QED) is 0.307. The number of methoxy groups -OCH3 is 2. The molecule has 0 bridgehead atoms. The van der Waals surface area contributed by atoms with E-state index in [0.717, 1.165) is 12.0 Å². The van der Waals surface area contributed by atoms with Crippen LogP contribution < -0.4 is 9.64 Å². The van der Waals surface area contributed by atoms with Crippen molar-refractivity contribution in [3.63, 3.8) is 0 Å². The van der Waals surface area contributed by atoms with Gasteiger partial charge in [0.1, 0.15) is 18.0 Å². The van der Waals surface area contributed by atoms with E-state index in [2.05, 4.69) is 22.9 Å². The Morgan fingerprint density at radius 2 is 1.90 bits per heavy atom. The van der Waals surface area contributed by atoms with Crippen molar-refractivity contribution in [2.75, 3.05) is 25.7 Å². The van der Waals surface area contributed by atoms with Crippen molar-refractivity contribution in [1.82, 2.24) is 4.90 Å². The number of hydrogen-bond donors (Lipinski definition) is 0. The standard InChI is InChI=1S/C22H20BrClN2O4S/c1-4-13-5-7-16(8-6-13)26-21(28)18(25(22(26)31)12-19(27)29-2)10-14-9-15(23)11-17(24)20(14)30-3/h5-11H,4,12H2,1-3H3/b18-10-. The largest absolute Gasteiger partial charge is 0.495 e. The molecule has 0 aliphatic carbocycles. The Kier molecular flexibility index (Phi) is 7.35. The van der Waals surface area contributed by atoms with Crippen LogP contribution in [0.4, 0.5) is 5.69 Å². The third-order valence-electron chi connectivity index (χ3n) is 4.79. The number of rotatable bonds is 6. The number of anilines is 1. The van der Waals surface area contributed by atoms with Gasteiger partial charge in [-0.25, -0.2) is 0 Å². The summed E-state index contributed by atoms with van der Waals surface area (Å²) in [7, 11) is 2.77. The first kappa shape index (κ1) is 23.2. The average Bonchev–Trinajstić information content (AvgIpc) is 2.97. The van der Waals surface area contributed by atoms with Gasteiger partial charge in [0.2, 0.25) is 0 Å². The highest BCUT2D eigenvalue weighted by Gasteiger charge is 2.40. The summed E-state index contributed by atoms with van der Waals surface area (Å²) in [6, 6.07) is 11.0. The molecule has 6 nitrogen and oxygen atoms in total. The number of aryl methyl sites for hydroxylation is 1. The fourth-order valence-corrected chi connectivity index (χ4v) is 4.45. The second-order valence-corrected chi connectivity index (χ2v) is 8.33. The lowest BCUT2D eigenvalue weighted by Gasteiger charge is -2.19. The molecule has 2 aromatic carbocycles. The number of carbonyl (C=O) groups is 2. The number of halogens is 2. The van der Waals surface area contributed by atoms with E-state index in [0.29, 0.717) is 26.5 Å². The summed E-state index contributed by atoms with van der Waals surface area (Å²) < 4.78 is 10.9. The smallest absolute Gasteiger partial charge is 0.325 e. The summed E-state index contributed by atoms with van der Waals surface area (Å²) in [6.45, 7) is 1.84. The van der Waals surface area contributed by atoms with Gasteiger partial charge in [-0.05, 0) is 54.5 Å². The van der Waals surface area contributed by atoms with Gasteiger partial charge in [-0.2, -0.15) is 0 Å². The second-order valence-electron chi connectivity index (χ2n) is 6.65. The molecule has 162 valence electrons. The zero-order chi connectivity index (χ0) is 22.7. The van der Waals surface area contributed by atoms with Crippen LogP contribution in [0.25, 0.3) is 6.08 Å². The van der Waals surface area contributed by atoms with E-state index >= 15 is 0 Å². The van der Waals surface area contributed by atoms with Crippen LogP contribution in [-0.2, 0) is 20.7 Å². The van der Waals surface area contributed by atoms with Crippen molar-refractivity contribution in [3.8, 4) is 5.75 Å². The Hall–Kier alpha value is -2.42. The molecule has 1 aliphatic rings. The van der Waals surface area contributed by atoms with Gasteiger partial charge in [0.05, 0.1) is 24.9 Å². The predicted octanol–water partition coefficient (Wildman–Crippen LogP) is 4.82. The molecule has 0 N–H and O–H groups in total. The first-order chi connectivity index (χ1) is 14.8. The van der Waals surface area contributed by atoms with E-state index in [1.54, 1.807) is 18.2 Å². The van der Waals surface area contributed by atoms with Crippen molar-refractivity contribution in [2.45, 2.75) is 13.3 Å². The van der Waals surface area contributed by atoms with E-state index in [1.807, 2.05) is 24.3 Å². The minimum absolute atomic E-state index is 0.186. The molecule has 9 heteroatoms. The van der Waals surface area contributed by atoms with Crippen molar-refractivity contribution >= 4 is 68.5 Å². The number of nitrogens with zero attached hydrogens (tertiary/aromatic N) is 2. The molecule has 0 spiro atoms. The summed E-state index contributed by atoms with van der Waals surface area (Å²) in [4.78, 5) is 28.3. The fourth-order valence-electron chi connectivity index (χ4n) is 3.19. The normalized spacial score (nSPS) is 15.1. The monoisotopic (exact) mass is 522 g/mol. The van der Waals surface area contributed by atoms with Crippen LogP contribution >= 0.6 is 39.7 Å². The Morgan fingerprint density at radius 1 is 1.23 bits per heavy atom. The fraction of sp³-hybridized carbons (Fsp3) is 0.227. The molecule has 1 fully saturated rings. The first-order valence-corrected chi connectivity index (χ1v) is 10.9. The summed E-state index contributed by atoms with van der Waals surface area (Å²) >= 11 is 15.3. The maximum atomic E-state index is 13.4. The van der Waals surface area contributed by atoms with Crippen molar-refractivity contribution in [1.29, 1.82) is 0 Å².